The lowest BCUT2D eigenvalue weighted by atomic mass is 10.1. The SMILES string of the molecule is Cc1ccc2sc(N(CCN3CCOCC3)C(=O)c3cc(C)n(C(C)C)n3)nc2c1C.Cl. The monoisotopic (exact) mass is 477 g/mol. The molecule has 0 radical (unpaired) electrons. The average molecular weight is 478 g/mol. The number of amides is 1. The van der Waals surface area contributed by atoms with Crippen molar-refractivity contribution in [3.63, 3.8) is 0 Å². The van der Waals surface area contributed by atoms with Crippen molar-refractivity contribution >= 4 is 45.0 Å². The molecule has 0 saturated carbocycles. The molecule has 1 aliphatic rings. The summed E-state index contributed by atoms with van der Waals surface area (Å²) in [6.45, 7) is 14.9. The third-order valence-electron chi connectivity index (χ3n) is 5.92. The maximum atomic E-state index is 13.6. The molecule has 0 bridgehead atoms. The van der Waals surface area contributed by atoms with E-state index in [-0.39, 0.29) is 24.4 Å². The topological polar surface area (TPSA) is 63.5 Å². The van der Waals surface area contributed by atoms with E-state index in [9.17, 15) is 4.79 Å². The molecule has 4 rings (SSSR count). The van der Waals surface area contributed by atoms with E-state index in [0.717, 1.165) is 53.9 Å². The van der Waals surface area contributed by atoms with Crippen LogP contribution in [0, 0.1) is 20.8 Å². The second kappa shape index (κ2) is 10.3. The van der Waals surface area contributed by atoms with Crippen LogP contribution in [0.4, 0.5) is 5.13 Å². The fourth-order valence-electron chi connectivity index (χ4n) is 3.93. The van der Waals surface area contributed by atoms with Gasteiger partial charge in [0, 0.05) is 37.9 Å². The fourth-order valence-corrected chi connectivity index (χ4v) is 4.98. The molecule has 9 heteroatoms. The van der Waals surface area contributed by atoms with E-state index in [1.54, 1.807) is 16.2 Å². The highest BCUT2D eigenvalue weighted by Gasteiger charge is 2.26. The summed E-state index contributed by atoms with van der Waals surface area (Å²) in [5.41, 5.74) is 4.82. The van der Waals surface area contributed by atoms with Crippen LogP contribution in [-0.2, 0) is 4.74 Å². The van der Waals surface area contributed by atoms with E-state index in [1.165, 1.54) is 11.1 Å². The number of morpholine rings is 1. The summed E-state index contributed by atoms with van der Waals surface area (Å²) in [5, 5.41) is 5.34. The first kappa shape index (κ1) is 24.6. The number of halogens is 1. The van der Waals surface area contributed by atoms with Crippen LogP contribution in [0.15, 0.2) is 18.2 Å². The number of aromatic nitrogens is 3. The summed E-state index contributed by atoms with van der Waals surface area (Å²) < 4.78 is 8.47. The lowest BCUT2D eigenvalue weighted by molar-refractivity contribution is 0.0391. The van der Waals surface area contributed by atoms with Gasteiger partial charge in [0.1, 0.15) is 0 Å². The van der Waals surface area contributed by atoms with Gasteiger partial charge >= 0.3 is 0 Å². The predicted molar refractivity (Wildman–Crippen MR) is 133 cm³/mol. The number of ether oxygens (including phenoxy) is 1. The van der Waals surface area contributed by atoms with Gasteiger partial charge in [0.15, 0.2) is 10.8 Å². The number of nitrogens with zero attached hydrogens (tertiary/aromatic N) is 5. The number of rotatable bonds is 6. The first-order valence-corrected chi connectivity index (χ1v) is 11.7. The number of carbonyl (C=O) groups excluding carboxylic acids is 1. The van der Waals surface area contributed by atoms with Gasteiger partial charge in [-0.2, -0.15) is 5.10 Å². The molecule has 7 nitrogen and oxygen atoms in total. The minimum Gasteiger partial charge on any atom is -0.379 e. The van der Waals surface area contributed by atoms with Gasteiger partial charge in [-0.1, -0.05) is 17.4 Å². The summed E-state index contributed by atoms with van der Waals surface area (Å²) in [6, 6.07) is 6.30. The molecule has 1 fully saturated rings. The van der Waals surface area contributed by atoms with Crippen molar-refractivity contribution in [3.05, 3.63) is 40.7 Å². The molecule has 2 aromatic heterocycles. The van der Waals surface area contributed by atoms with Gasteiger partial charge in [0.2, 0.25) is 0 Å². The van der Waals surface area contributed by atoms with Crippen LogP contribution < -0.4 is 4.90 Å². The Kier molecular flexibility index (Phi) is 7.92. The molecule has 1 aliphatic heterocycles. The number of benzene rings is 1. The minimum absolute atomic E-state index is 0. The van der Waals surface area contributed by atoms with Crippen molar-refractivity contribution in [1.82, 2.24) is 19.7 Å². The largest absolute Gasteiger partial charge is 0.379 e. The second-order valence-corrected chi connectivity index (χ2v) is 9.48. The molecule has 0 N–H and O–H groups in total. The van der Waals surface area contributed by atoms with Crippen molar-refractivity contribution < 1.29 is 9.53 Å². The molecule has 0 aliphatic carbocycles. The first-order valence-electron chi connectivity index (χ1n) is 10.9. The second-order valence-electron chi connectivity index (χ2n) is 8.47. The Labute approximate surface area is 199 Å². The number of hydrogen-bond acceptors (Lipinski definition) is 6. The number of hydrogen-bond donors (Lipinski definition) is 0. The summed E-state index contributed by atoms with van der Waals surface area (Å²) >= 11 is 1.57. The zero-order valence-electron chi connectivity index (χ0n) is 19.4. The number of thiazole rings is 1. The first-order chi connectivity index (χ1) is 14.8. The summed E-state index contributed by atoms with van der Waals surface area (Å²) in [7, 11) is 0. The van der Waals surface area contributed by atoms with Crippen molar-refractivity contribution in [1.29, 1.82) is 0 Å². The molecular weight excluding hydrogens is 446 g/mol. The molecule has 3 heterocycles. The van der Waals surface area contributed by atoms with Crippen LogP contribution >= 0.6 is 23.7 Å². The Morgan fingerprint density at radius 3 is 2.59 bits per heavy atom. The third-order valence-corrected chi connectivity index (χ3v) is 6.97. The van der Waals surface area contributed by atoms with Crippen molar-refractivity contribution in [2.45, 2.75) is 40.7 Å². The van der Waals surface area contributed by atoms with Crippen LogP contribution in [0.2, 0.25) is 0 Å². The van der Waals surface area contributed by atoms with Gasteiger partial charge in [-0.15, -0.1) is 12.4 Å². The van der Waals surface area contributed by atoms with Gasteiger partial charge in [-0.25, -0.2) is 4.98 Å². The lowest BCUT2D eigenvalue weighted by Crippen LogP contribution is -2.43. The number of carbonyl (C=O) groups is 1. The van der Waals surface area contributed by atoms with Crippen molar-refractivity contribution in [2.24, 2.45) is 0 Å². The van der Waals surface area contributed by atoms with Crippen molar-refractivity contribution in [2.75, 3.05) is 44.3 Å². The molecule has 0 unspecified atom stereocenters. The molecule has 3 aromatic rings. The quantitative estimate of drug-likeness (QED) is 0.526. The molecule has 1 amide bonds. The molecule has 1 saturated heterocycles. The van der Waals surface area contributed by atoms with Gasteiger partial charge in [0.25, 0.3) is 5.91 Å². The standard InChI is InChI=1S/C23H31N5O2S.ClH/c1-15(2)28-17(4)14-19(25-28)22(29)27(9-8-26-10-12-30-13-11-26)23-24-21-18(5)16(3)6-7-20(21)31-23;/h6-7,14-15H,8-13H2,1-5H3;1H. The highest BCUT2D eigenvalue weighted by Crippen LogP contribution is 2.32. The highest BCUT2D eigenvalue weighted by molar-refractivity contribution is 7.22. The Bertz CT molecular complexity index is 1090. The Morgan fingerprint density at radius 2 is 1.94 bits per heavy atom. The normalized spacial score (nSPS) is 14.7. The van der Waals surface area contributed by atoms with E-state index >= 15 is 0 Å². The smallest absolute Gasteiger partial charge is 0.280 e. The van der Waals surface area contributed by atoms with E-state index in [4.69, 9.17) is 9.72 Å². The van der Waals surface area contributed by atoms with E-state index < -0.39 is 0 Å². The highest BCUT2D eigenvalue weighted by atomic mass is 35.5. The molecule has 1 aromatic carbocycles. The number of aryl methyl sites for hydroxylation is 3. The van der Waals surface area contributed by atoms with E-state index in [0.29, 0.717) is 12.2 Å². The summed E-state index contributed by atoms with van der Waals surface area (Å²) in [4.78, 5) is 22.6. The molecule has 0 atom stereocenters. The summed E-state index contributed by atoms with van der Waals surface area (Å²) in [5.74, 6) is -0.0933. The van der Waals surface area contributed by atoms with Crippen molar-refractivity contribution in [3.8, 4) is 0 Å². The van der Waals surface area contributed by atoms with Crippen LogP contribution in [0.1, 0.15) is 47.2 Å². The molecular formula is C23H32ClN5O2S. The maximum Gasteiger partial charge on any atom is 0.280 e. The minimum atomic E-state index is -0.0933. The number of anilines is 1. The zero-order chi connectivity index (χ0) is 22.1. The van der Waals surface area contributed by atoms with Crippen LogP contribution in [-0.4, -0.2) is 65.0 Å². The Morgan fingerprint density at radius 1 is 1.22 bits per heavy atom. The van der Waals surface area contributed by atoms with Crippen LogP contribution in [0.5, 0.6) is 0 Å². The van der Waals surface area contributed by atoms with Gasteiger partial charge < -0.3 is 4.74 Å². The molecule has 32 heavy (non-hydrogen) atoms. The molecule has 0 spiro atoms. The summed E-state index contributed by atoms with van der Waals surface area (Å²) in [6.07, 6.45) is 0. The average Bonchev–Trinajstić information content (AvgIpc) is 3.36. The lowest BCUT2D eigenvalue weighted by Gasteiger charge is -2.29. The van der Waals surface area contributed by atoms with Gasteiger partial charge in [-0.3, -0.25) is 19.3 Å². The molecule has 174 valence electrons. The Balaban J connectivity index is 0.00000289. The van der Waals surface area contributed by atoms with Crippen LogP contribution in [0.3, 0.4) is 0 Å². The zero-order valence-corrected chi connectivity index (χ0v) is 21.1. The van der Waals surface area contributed by atoms with Gasteiger partial charge in [-0.05, 0) is 57.9 Å². The van der Waals surface area contributed by atoms with Gasteiger partial charge in [0.05, 0.1) is 23.4 Å². The number of fused-ring (bicyclic) bond motifs is 1. The van der Waals surface area contributed by atoms with E-state index in [1.807, 2.05) is 17.7 Å². The predicted octanol–water partition coefficient (Wildman–Crippen LogP) is 4.40. The third kappa shape index (κ3) is 4.98. The fraction of sp³-hybridized carbons (Fsp3) is 0.522. The maximum absolute atomic E-state index is 13.6. The van der Waals surface area contributed by atoms with Crippen LogP contribution in [0.25, 0.3) is 10.2 Å². The Hall–Kier alpha value is -2.00. The van der Waals surface area contributed by atoms with E-state index in [2.05, 4.69) is 49.8 Å².